The maximum atomic E-state index is 8.69. The summed E-state index contributed by atoms with van der Waals surface area (Å²) >= 11 is 0. The Bertz CT molecular complexity index is 209. The fourth-order valence-corrected chi connectivity index (χ4v) is 1.28. The van der Waals surface area contributed by atoms with E-state index in [1.165, 1.54) is 5.56 Å². The van der Waals surface area contributed by atoms with Crippen molar-refractivity contribution in [2.45, 2.75) is 19.9 Å². The summed E-state index contributed by atoms with van der Waals surface area (Å²) in [6, 6.07) is 1.97. The summed E-state index contributed by atoms with van der Waals surface area (Å²) in [6.07, 6.45) is 4.29. The molecule has 0 aliphatic carbocycles. The number of rotatable bonds is 6. The number of nitrogens with zero attached hydrogens (tertiary/aromatic N) is 1. The van der Waals surface area contributed by atoms with Crippen molar-refractivity contribution >= 4 is 0 Å². The molecular weight excluding hydrogens is 166 g/mol. The summed E-state index contributed by atoms with van der Waals surface area (Å²) in [7, 11) is 0. The summed E-state index contributed by atoms with van der Waals surface area (Å²) in [4.78, 5) is 2.28. The average molecular weight is 183 g/mol. The predicted molar refractivity (Wildman–Crippen MR) is 51.4 cm³/mol. The second-order valence-electron chi connectivity index (χ2n) is 3.08. The molecule has 1 aromatic heterocycles. The van der Waals surface area contributed by atoms with E-state index in [2.05, 4.69) is 11.8 Å². The largest absolute Gasteiger partial charge is 0.472 e. The molecule has 0 atom stereocenters. The minimum Gasteiger partial charge on any atom is -0.472 e. The third-order valence-electron chi connectivity index (χ3n) is 2.07. The lowest BCUT2D eigenvalue weighted by Crippen LogP contribution is -2.24. The third kappa shape index (κ3) is 3.61. The van der Waals surface area contributed by atoms with Gasteiger partial charge in [0.15, 0.2) is 0 Å². The van der Waals surface area contributed by atoms with Gasteiger partial charge in [0.25, 0.3) is 0 Å². The molecule has 0 aliphatic heterocycles. The molecule has 0 saturated carbocycles. The summed E-state index contributed by atoms with van der Waals surface area (Å²) in [5.41, 5.74) is 1.19. The molecule has 1 N–H and O–H groups in total. The smallest absolute Gasteiger partial charge is 0.0947 e. The fraction of sp³-hybridized carbons (Fsp3) is 0.600. The quantitative estimate of drug-likeness (QED) is 0.725. The summed E-state index contributed by atoms with van der Waals surface area (Å²) in [5, 5.41) is 8.69. The Balaban J connectivity index is 2.31. The molecule has 0 aromatic carbocycles. The Hall–Kier alpha value is -0.800. The van der Waals surface area contributed by atoms with Crippen molar-refractivity contribution < 1.29 is 9.52 Å². The molecule has 74 valence electrons. The topological polar surface area (TPSA) is 36.6 Å². The van der Waals surface area contributed by atoms with Crippen molar-refractivity contribution in [1.82, 2.24) is 4.90 Å². The maximum Gasteiger partial charge on any atom is 0.0947 e. The van der Waals surface area contributed by atoms with E-state index in [9.17, 15) is 0 Å². The number of furan rings is 1. The Kier molecular flexibility index (Phi) is 4.57. The number of aliphatic hydroxyl groups excluding tert-OH is 1. The number of hydrogen-bond acceptors (Lipinski definition) is 3. The van der Waals surface area contributed by atoms with Gasteiger partial charge in [-0.05, 0) is 19.0 Å². The molecule has 0 unspecified atom stereocenters. The monoisotopic (exact) mass is 183 g/mol. The molecular formula is C10H17NO2. The van der Waals surface area contributed by atoms with Gasteiger partial charge in [0.2, 0.25) is 0 Å². The molecule has 0 fully saturated rings. The van der Waals surface area contributed by atoms with Crippen LogP contribution in [0.3, 0.4) is 0 Å². The molecule has 0 radical (unpaired) electrons. The van der Waals surface area contributed by atoms with Gasteiger partial charge in [0.05, 0.1) is 12.5 Å². The van der Waals surface area contributed by atoms with Crippen LogP contribution in [-0.2, 0) is 6.54 Å². The molecule has 0 amide bonds. The van der Waals surface area contributed by atoms with E-state index in [0.717, 1.165) is 26.1 Å². The highest BCUT2D eigenvalue weighted by Crippen LogP contribution is 2.05. The molecule has 13 heavy (non-hydrogen) atoms. The Morgan fingerprint density at radius 1 is 1.54 bits per heavy atom. The van der Waals surface area contributed by atoms with Gasteiger partial charge >= 0.3 is 0 Å². The molecule has 1 rings (SSSR count). The molecule has 0 saturated heterocycles. The second kappa shape index (κ2) is 5.78. The number of aliphatic hydroxyl groups is 1. The SMILES string of the molecule is CCN(CCCO)Cc1ccoc1. The molecule has 1 heterocycles. The van der Waals surface area contributed by atoms with E-state index in [1.54, 1.807) is 12.5 Å². The summed E-state index contributed by atoms with van der Waals surface area (Å²) < 4.78 is 4.99. The fourth-order valence-electron chi connectivity index (χ4n) is 1.28. The van der Waals surface area contributed by atoms with Crippen LogP contribution in [0.2, 0.25) is 0 Å². The first-order valence-corrected chi connectivity index (χ1v) is 4.71. The van der Waals surface area contributed by atoms with Crippen LogP contribution in [0.5, 0.6) is 0 Å². The Morgan fingerprint density at radius 3 is 2.92 bits per heavy atom. The minimum absolute atomic E-state index is 0.266. The van der Waals surface area contributed by atoms with Crippen molar-refractivity contribution in [1.29, 1.82) is 0 Å². The highest BCUT2D eigenvalue weighted by molar-refractivity contribution is 5.04. The van der Waals surface area contributed by atoms with E-state index in [1.807, 2.05) is 6.07 Å². The van der Waals surface area contributed by atoms with Crippen LogP contribution in [0, 0.1) is 0 Å². The lowest BCUT2D eigenvalue weighted by atomic mass is 10.3. The van der Waals surface area contributed by atoms with E-state index in [-0.39, 0.29) is 6.61 Å². The van der Waals surface area contributed by atoms with Crippen molar-refractivity contribution in [2.75, 3.05) is 19.7 Å². The van der Waals surface area contributed by atoms with Gasteiger partial charge in [-0.25, -0.2) is 0 Å². The highest BCUT2D eigenvalue weighted by atomic mass is 16.3. The van der Waals surface area contributed by atoms with Gasteiger partial charge in [-0.1, -0.05) is 6.92 Å². The van der Waals surface area contributed by atoms with Gasteiger partial charge in [0, 0.05) is 25.3 Å². The lowest BCUT2D eigenvalue weighted by Gasteiger charge is -2.18. The maximum absolute atomic E-state index is 8.69. The van der Waals surface area contributed by atoms with Crippen LogP contribution in [0.4, 0.5) is 0 Å². The number of hydrogen-bond donors (Lipinski definition) is 1. The van der Waals surface area contributed by atoms with Crippen LogP contribution in [-0.4, -0.2) is 29.7 Å². The van der Waals surface area contributed by atoms with Gasteiger partial charge < -0.3 is 9.52 Å². The van der Waals surface area contributed by atoms with Crippen LogP contribution in [0.1, 0.15) is 18.9 Å². The van der Waals surface area contributed by atoms with Crippen molar-refractivity contribution in [3.63, 3.8) is 0 Å². The van der Waals surface area contributed by atoms with Crippen molar-refractivity contribution in [3.05, 3.63) is 24.2 Å². The highest BCUT2D eigenvalue weighted by Gasteiger charge is 2.03. The zero-order valence-electron chi connectivity index (χ0n) is 8.07. The van der Waals surface area contributed by atoms with E-state index in [0.29, 0.717) is 0 Å². The summed E-state index contributed by atoms with van der Waals surface area (Å²) in [5.74, 6) is 0. The Labute approximate surface area is 79.0 Å². The first-order valence-electron chi connectivity index (χ1n) is 4.71. The van der Waals surface area contributed by atoms with Gasteiger partial charge in [0.1, 0.15) is 0 Å². The molecule has 3 nitrogen and oxygen atoms in total. The average Bonchev–Trinajstić information content (AvgIpc) is 2.64. The van der Waals surface area contributed by atoms with E-state index >= 15 is 0 Å². The van der Waals surface area contributed by atoms with E-state index in [4.69, 9.17) is 9.52 Å². The normalized spacial score (nSPS) is 11.0. The van der Waals surface area contributed by atoms with Crippen molar-refractivity contribution in [3.8, 4) is 0 Å². The Morgan fingerprint density at radius 2 is 2.38 bits per heavy atom. The predicted octanol–water partition coefficient (Wildman–Crippen LogP) is 1.48. The first-order chi connectivity index (χ1) is 6.36. The van der Waals surface area contributed by atoms with Crippen LogP contribution in [0.25, 0.3) is 0 Å². The van der Waals surface area contributed by atoms with E-state index < -0.39 is 0 Å². The van der Waals surface area contributed by atoms with Crippen molar-refractivity contribution in [2.24, 2.45) is 0 Å². The third-order valence-corrected chi connectivity index (χ3v) is 2.07. The van der Waals surface area contributed by atoms with Gasteiger partial charge in [-0.15, -0.1) is 0 Å². The molecule has 0 spiro atoms. The molecule has 0 aliphatic rings. The second-order valence-corrected chi connectivity index (χ2v) is 3.08. The van der Waals surface area contributed by atoms with Crippen LogP contribution < -0.4 is 0 Å². The van der Waals surface area contributed by atoms with Crippen LogP contribution >= 0.6 is 0 Å². The molecule has 3 heteroatoms. The van der Waals surface area contributed by atoms with Gasteiger partial charge in [-0.2, -0.15) is 0 Å². The zero-order chi connectivity index (χ0) is 9.52. The lowest BCUT2D eigenvalue weighted by molar-refractivity contribution is 0.225. The summed E-state index contributed by atoms with van der Waals surface area (Å²) in [6.45, 7) is 5.25. The standard InChI is InChI=1S/C10H17NO2/c1-2-11(5-3-6-12)8-10-4-7-13-9-10/h4,7,9,12H,2-3,5-6,8H2,1H3. The first kappa shape index (κ1) is 10.3. The zero-order valence-corrected chi connectivity index (χ0v) is 8.07. The molecule has 1 aromatic rings. The van der Waals surface area contributed by atoms with Crippen LogP contribution in [0.15, 0.2) is 23.0 Å². The molecule has 0 bridgehead atoms. The van der Waals surface area contributed by atoms with Gasteiger partial charge in [-0.3, -0.25) is 4.90 Å². The minimum atomic E-state index is 0.266.